The van der Waals surface area contributed by atoms with Gasteiger partial charge in [-0.3, -0.25) is 14.8 Å². The molecule has 0 bridgehead atoms. The lowest BCUT2D eigenvalue weighted by molar-refractivity contribution is -0.114. The van der Waals surface area contributed by atoms with Crippen LogP contribution in [0, 0.1) is 6.92 Å². The van der Waals surface area contributed by atoms with E-state index in [4.69, 9.17) is 5.73 Å². The number of allylic oxidation sites excluding steroid dienone is 3. The molecule has 0 unspecified atom stereocenters. The SMILES string of the molecule is C/N=C1/C=C(c2ccc(-c3ccccc3C)cc2)C=C(C(N)=O)/C1=N/C(C)C. The summed E-state index contributed by atoms with van der Waals surface area (Å²) in [5, 5.41) is 0. The normalized spacial score (nSPS) is 17.0. The lowest BCUT2D eigenvalue weighted by atomic mass is 9.90. The van der Waals surface area contributed by atoms with E-state index < -0.39 is 5.91 Å². The van der Waals surface area contributed by atoms with Gasteiger partial charge in [0.2, 0.25) is 0 Å². The molecule has 0 radical (unpaired) electrons. The molecule has 4 nitrogen and oxygen atoms in total. The van der Waals surface area contributed by atoms with Crippen molar-refractivity contribution in [1.29, 1.82) is 0 Å². The lowest BCUT2D eigenvalue weighted by Gasteiger charge is -2.17. The van der Waals surface area contributed by atoms with E-state index in [9.17, 15) is 4.79 Å². The monoisotopic (exact) mass is 371 g/mol. The summed E-state index contributed by atoms with van der Waals surface area (Å²) < 4.78 is 0. The Morgan fingerprint density at radius 3 is 2.18 bits per heavy atom. The minimum Gasteiger partial charge on any atom is -0.366 e. The highest BCUT2D eigenvalue weighted by atomic mass is 16.1. The summed E-state index contributed by atoms with van der Waals surface area (Å²) in [6, 6.07) is 16.6. The van der Waals surface area contributed by atoms with E-state index >= 15 is 0 Å². The van der Waals surface area contributed by atoms with Crippen LogP contribution in [-0.4, -0.2) is 30.4 Å². The Hall–Kier alpha value is -3.27. The van der Waals surface area contributed by atoms with Gasteiger partial charge in [-0.05, 0) is 60.8 Å². The van der Waals surface area contributed by atoms with Crippen molar-refractivity contribution in [3.8, 4) is 11.1 Å². The van der Waals surface area contributed by atoms with E-state index in [0.29, 0.717) is 17.0 Å². The molecule has 0 saturated heterocycles. The molecule has 1 aliphatic rings. The van der Waals surface area contributed by atoms with E-state index in [0.717, 1.165) is 16.7 Å². The predicted octanol–water partition coefficient (Wildman–Crippen LogP) is 4.39. The van der Waals surface area contributed by atoms with E-state index in [1.165, 1.54) is 11.1 Å². The maximum Gasteiger partial charge on any atom is 0.250 e. The number of amides is 1. The zero-order valence-electron chi connectivity index (χ0n) is 16.7. The van der Waals surface area contributed by atoms with Gasteiger partial charge in [0.1, 0.15) is 0 Å². The van der Waals surface area contributed by atoms with Gasteiger partial charge in [0.05, 0.1) is 17.0 Å². The number of nitrogens with two attached hydrogens (primary N) is 1. The van der Waals surface area contributed by atoms with Gasteiger partial charge in [-0.15, -0.1) is 0 Å². The third-order valence-corrected chi connectivity index (χ3v) is 4.66. The highest BCUT2D eigenvalue weighted by Gasteiger charge is 2.23. The van der Waals surface area contributed by atoms with Gasteiger partial charge in [-0.25, -0.2) is 0 Å². The van der Waals surface area contributed by atoms with Crippen LogP contribution >= 0.6 is 0 Å². The number of hydrogen-bond acceptors (Lipinski definition) is 3. The molecule has 3 rings (SSSR count). The number of aryl methyl sites for hydroxylation is 1. The van der Waals surface area contributed by atoms with Crippen molar-refractivity contribution >= 4 is 22.9 Å². The van der Waals surface area contributed by atoms with Crippen LogP contribution in [0.15, 0.2) is 76.2 Å². The molecule has 1 amide bonds. The molecule has 0 spiro atoms. The van der Waals surface area contributed by atoms with Crippen LogP contribution in [0.2, 0.25) is 0 Å². The quantitative estimate of drug-likeness (QED) is 0.796. The van der Waals surface area contributed by atoms with Crippen LogP contribution in [0.1, 0.15) is 25.0 Å². The van der Waals surface area contributed by atoms with Crippen LogP contribution in [-0.2, 0) is 4.79 Å². The zero-order chi connectivity index (χ0) is 20.3. The molecule has 2 aromatic rings. The first-order chi connectivity index (χ1) is 13.4. The standard InChI is InChI=1S/C24H25N3O/c1-15(2)27-23-21(24(25)28)13-19(14-22(23)26-4)17-9-11-18(12-10-17)20-8-6-5-7-16(20)3/h5-15H,1-4H3,(H2,25,28)/b26-22-,27-23-. The fourth-order valence-electron chi connectivity index (χ4n) is 3.28. The van der Waals surface area contributed by atoms with Gasteiger partial charge in [-0.1, -0.05) is 48.5 Å². The molecule has 0 fully saturated rings. The fourth-order valence-corrected chi connectivity index (χ4v) is 3.28. The number of aliphatic imine (C=N–C) groups is 2. The van der Waals surface area contributed by atoms with Gasteiger partial charge in [0.25, 0.3) is 5.91 Å². The van der Waals surface area contributed by atoms with Gasteiger partial charge < -0.3 is 5.73 Å². The molecule has 4 heteroatoms. The van der Waals surface area contributed by atoms with Crippen molar-refractivity contribution in [2.75, 3.05) is 7.05 Å². The Morgan fingerprint density at radius 2 is 1.61 bits per heavy atom. The lowest BCUT2D eigenvalue weighted by Crippen LogP contribution is -2.29. The molecule has 0 saturated carbocycles. The second-order valence-corrected chi connectivity index (χ2v) is 7.09. The molecule has 28 heavy (non-hydrogen) atoms. The van der Waals surface area contributed by atoms with Crippen LogP contribution < -0.4 is 5.73 Å². The number of hydrogen-bond donors (Lipinski definition) is 1. The van der Waals surface area contributed by atoms with Crippen molar-refractivity contribution < 1.29 is 4.79 Å². The molecule has 0 aromatic heterocycles. The maximum absolute atomic E-state index is 12.1. The van der Waals surface area contributed by atoms with Gasteiger partial charge >= 0.3 is 0 Å². The Balaban J connectivity index is 2.03. The van der Waals surface area contributed by atoms with Crippen molar-refractivity contribution in [2.45, 2.75) is 26.8 Å². The van der Waals surface area contributed by atoms with E-state index in [2.05, 4.69) is 53.3 Å². The highest BCUT2D eigenvalue weighted by molar-refractivity contribution is 6.58. The summed E-state index contributed by atoms with van der Waals surface area (Å²) in [4.78, 5) is 20.9. The number of rotatable bonds is 4. The Kier molecular flexibility index (Phi) is 5.69. The van der Waals surface area contributed by atoms with E-state index in [1.54, 1.807) is 13.1 Å². The molecular formula is C24H25N3O. The summed E-state index contributed by atoms with van der Waals surface area (Å²) in [5.41, 5.74) is 12.8. The number of primary amides is 1. The molecule has 0 heterocycles. The Morgan fingerprint density at radius 1 is 0.964 bits per heavy atom. The van der Waals surface area contributed by atoms with Crippen LogP contribution in [0.25, 0.3) is 16.7 Å². The summed E-state index contributed by atoms with van der Waals surface area (Å²) in [6.45, 7) is 6.03. The number of carbonyl (C=O) groups is 1. The smallest absolute Gasteiger partial charge is 0.250 e. The largest absolute Gasteiger partial charge is 0.366 e. The van der Waals surface area contributed by atoms with Crippen molar-refractivity contribution in [3.63, 3.8) is 0 Å². The molecule has 0 aliphatic heterocycles. The van der Waals surface area contributed by atoms with Crippen LogP contribution in [0.4, 0.5) is 0 Å². The first kappa shape index (κ1) is 19.5. The molecule has 1 aliphatic carbocycles. The maximum atomic E-state index is 12.1. The average Bonchev–Trinajstić information content (AvgIpc) is 2.68. The van der Waals surface area contributed by atoms with Crippen LogP contribution in [0.5, 0.6) is 0 Å². The number of nitrogens with zero attached hydrogens (tertiary/aromatic N) is 2. The third kappa shape index (κ3) is 4.01. The van der Waals surface area contributed by atoms with Gasteiger partial charge in [0, 0.05) is 13.1 Å². The summed E-state index contributed by atoms with van der Waals surface area (Å²) in [6.07, 6.45) is 3.76. The van der Waals surface area contributed by atoms with E-state index in [-0.39, 0.29) is 6.04 Å². The van der Waals surface area contributed by atoms with Gasteiger partial charge in [0.15, 0.2) is 0 Å². The van der Waals surface area contributed by atoms with Crippen molar-refractivity contribution in [1.82, 2.24) is 0 Å². The predicted molar refractivity (Wildman–Crippen MR) is 118 cm³/mol. The molecule has 2 N–H and O–H groups in total. The Bertz CT molecular complexity index is 1020. The minimum atomic E-state index is -0.498. The second-order valence-electron chi connectivity index (χ2n) is 7.09. The second kappa shape index (κ2) is 8.17. The topological polar surface area (TPSA) is 67.8 Å². The summed E-state index contributed by atoms with van der Waals surface area (Å²) >= 11 is 0. The summed E-state index contributed by atoms with van der Waals surface area (Å²) in [7, 11) is 1.70. The highest BCUT2D eigenvalue weighted by Crippen LogP contribution is 2.28. The number of carbonyl (C=O) groups excluding carboxylic acids is 1. The molecule has 0 atom stereocenters. The number of benzene rings is 2. The first-order valence-electron chi connectivity index (χ1n) is 9.35. The zero-order valence-corrected chi connectivity index (χ0v) is 16.7. The van der Waals surface area contributed by atoms with Gasteiger partial charge in [-0.2, -0.15) is 0 Å². The molecular weight excluding hydrogens is 346 g/mol. The first-order valence-corrected chi connectivity index (χ1v) is 9.35. The third-order valence-electron chi connectivity index (χ3n) is 4.66. The Labute approximate surface area is 166 Å². The van der Waals surface area contributed by atoms with Crippen molar-refractivity contribution in [2.24, 2.45) is 15.7 Å². The average molecular weight is 371 g/mol. The minimum absolute atomic E-state index is 0.0397. The fraction of sp³-hybridized carbons (Fsp3) is 0.208. The van der Waals surface area contributed by atoms with E-state index in [1.807, 2.05) is 32.1 Å². The molecule has 2 aromatic carbocycles. The van der Waals surface area contributed by atoms with Crippen LogP contribution in [0.3, 0.4) is 0 Å². The molecule has 142 valence electrons. The van der Waals surface area contributed by atoms with Crippen molar-refractivity contribution in [3.05, 3.63) is 77.4 Å². The summed E-state index contributed by atoms with van der Waals surface area (Å²) in [5.74, 6) is -0.498.